The van der Waals surface area contributed by atoms with E-state index in [2.05, 4.69) is 9.80 Å². The van der Waals surface area contributed by atoms with Gasteiger partial charge in [0.25, 0.3) is 0 Å². The van der Waals surface area contributed by atoms with Crippen LogP contribution in [0.5, 0.6) is 11.5 Å². The molecule has 1 aromatic rings. The summed E-state index contributed by atoms with van der Waals surface area (Å²) in [7, 11) is 5.69. The molecule has 0 saturated carbocycles. The molecule has 4 unspecified atom stereocenters. The van der Waals surface area contributed by atoms with Crippen molar-refractivity contribution in [3.05, 3.63) is 34.6 Å². The third kappa shape index (κ3) is 6.28. The Labute approximate surface area is 266 Å². The number of aliphatic hydroxyl groups is 2. The van der Waals surface area contributed by atoms with Crippen LogP contribution in [0.3, 0.4) is 0 Å². The van der Waals surface area contributed by atoms with E-state index < -0.39 is 23.3 Å². The van der Waals surface area contributed by atoms with E-state index in [0.717, 1.165) is 61.2 Å². The molecule has 11 nitrogen and oxygen atoms in total. The number of rotatable bonds is 10. The van der Waals surface area contributed by atoms with Gasteiger partial charge in [-0.1, -0.05) is 0 Å². The molecule has 0 bridgehead atoms. The van der Waals surface area contributed by atoms with E-state index in [0.29, 0.717) is 43.5 Å². The number of nitrogens with zero attached hydrogens (tertiary/aromatic N) is 3. The number of esters is 1. The fourth-order valence-corrected chi connectivity index (χ4v) is 8.04. The van der Waals surface area contributed by atoms with Crippen LogP contribution in [-0.4, -0.2) is 120 Å². The van der Waals surface area contributed by atoms with Gasteiger partial charge in [-0.25, -0.2) is 4.79 Å². The highest BCUT2D eigenvalue weighted by atomic mass is 16.7. The maximum absolute atomic E-state index is 14.2. The molecule has 0 aromatic heterocycles. The average molecular weight is 628 g/mol. The molecule has 4 atom stereocenters. The molecular weight excluding hydrogens is 578 g/mol. The van der Waals surface area contributed by atoms with E-state index >= 15 is 0 Å². The van der Waals surface area contributed by atoms with Crippen molar-refractivity contribution in [1.29, 1.82) is 0 Å². The second-order valence-electron chi connectivity index (χ2n) is 14.3. The summed E-state index contributed by atoms with van der Waals surface area (Å²) >= 11 is 0. The molecule has 0 radical (unpaired) electrons. The third-order valence-corrected chi connectivity index (χ3v) is 10.5. The number of hydrogen-bond acceptors (Lipinski definition) is 10. The molecule has 1 aromatic carbocycles. The highest BCUT2D eigenvalue weighted by molar-refractivity contribution is 5.88. The summed E-state index contributed by atoms with van der Waals surface area (Å²) < 4.78 is 23.7. The van der Waals surface area contributed by atoms with E-state index in [-0.39, 0.29) is 37.5 Å². The second-order valence-corrected chi connectivity index (χ2v) is 14.3. The molecule has 11 heteroatoms. The minimum Gasteiger partial charge on any atom is -0.497 e. The monoisotopic (exact) mass is 627 g/mol. The maximum atomic E-state index is 14.2. The van der Waals surface area contributed by atoms with E-state index in [1.54, 1.807) is 25.9 Å². The zero-order valence-corrected chi connectivity index (χ0v) is 27.3. The summed E-state index contributed by atoms with van der Waals surface area (Å²) in [6, 6.07) is 4.45. The fourth-order valence-electron chi connectivity index (χ4n) is 8.04. The van der Waals surface area contributed by atoms with Gasteiger partial charge in [0.15, 0.2) is 23.2 Å². The largest absolute Gasteiger partial charge is 0.497 e. The molecule has 2 N–H and O–H groups in total. The molecular formula is C34H49N3O8. The van der Waals surface area contributed by atoms with E-state index in [4.69, 9.17) is 18.9 Å². The highest BCUT2D eigenvalue weighted by Crippen LogP contribution is 2.52. The van der Waals surface area contributed by atoms with Crippen molar-refractivity contribution in [2.24, 2.45) is 0 Å². The summed E-state index contributed by atoms with van der Waals surface area (Å²) in [6.45, 7) is 6.46. The first-order valence-corrected chi connectivity index (χ1v) is 16.4. The standard InChI is InChI=1S/C34H49N3O8/c1-33(2,40)11-6-12-34(41,19-27(38)36-14-8-22(9-15-36)35(3)4)32(39)45-31-28-24-18-26-25(43-20-44-26)17-21(24)7-13-37-16-10-23(29(28)37)30(31)42-5/h17-18,22,28-29,31,40-41H,6-16,19-20H2,1-5H3. The van der Waals surface area contributed by atoms with Crippen molar-refractivity contribution < 1.29 is 38.7 Å². The predicted molar refractivity (Wildman–Crippen MR) is 166 cm³/mol. The zero-order chi connectivity index (χ0) is 32.1. The van der Waals surface area contributed by atoms with Crippen molar-refractivity contribution in [3.63, 3.8) is 0 Å². The van der Waals surface area contributed by atoms with Crippen LogP contribution in [0.25, 0.3) is 0 Å². The van der Waals surface area contributed by atoms with Gasteiger partial charge in [0, 0.05) is 44.2 Å². The van der Waals surface area contributed by atoms with Gasteiger partial charge in [0.05, 0.1) is 19.1 Å². The molecule has 1 amide bonds. The fraction of sp³-hybridized carbons (Fsp3) is 0.706. The Morgan fingerprint density at radius 1 is 1.02 bits per heavy atom. The Morgan fingerprint density at radius 2 is 1.71 bits per heavy atom. The Balaban J connectivity index is 1.28. The molecule has 6 rings (SSSR count). The SMILES string of the molecule is COC1=C2CCN3CCc4cc5c(cc4C(C1OC(=O)C(O)(CCCC(C)(C)O)CC(=O)N1CCC(N(C)C)CC1)C23)OCO5. The molecule has 4 heterocycles. The molecule has 248 valence electrons. The quantitative estimate of drug-likeness (QED) is 0.375. The number of likely N-dealkylation sites (tertiary alicyclic amines) is 1. The lowest BCUT2D eigenvalue weighted by Crippen LogP contribution is -2.50. The summed E-state index contributed by atoms with van der Waals surface area (Å²) in [5.74, 6) is 0.675. The lowest BCUT2D eigenvalue weighted by Gasteiger charge is -2.37. The van der Waals surface area contributed by atoms with Gasteiger partial charge in [0.1, 0.15) is 5.76 Å². The van der Waals surface area contributed by atoms with Gasteiger partial charge in [0.2, 0.25) is 12.7 Å². The smallest absolute Gasteiger partial charge is 0.339 e. The van der Waals surface area contributed by atoms with Gasteiger partial charge in [-0.15, -0.1) is 0 Å². The molecule has 2 saturated heterocycles. The lowest BCUT2D eigenvalue weighted by molar-refractivity contribution is -0.176. The van der Waals surface area contributed by atoms with E-state index in [1.165, 1.54) is 0 Å². The summed E-state index contributed by atoms with van der Waals surface area (Å²) in [4.78, 5) is 34.2. The van der Waals surface area contributed by atoms with Crippen LogP contribution in [0.15, 0.2) is 23.5 Å². The van der Waals surface area contributed by atoms with Crippen LogP contribution in [0.4, 0.5) is 0 Å². The number of fused-ring (bicyclic) bond motifs is 3. The van der Waals surface area contributed by atoms with E-state index in [9.17, 15) is 19.8 Å². The van der Waals surface area contributed by atoms with Crippen LogP contribution in [0, 0.1) is 0 Å². The van der Waals surface area contributed by atoms with Crippen molar-refractivity contribution in [2.75, 3.05) is 54.2 Å². The highest BCUT2D eigenvalue weighted by Gasteiger charge is 2.55. The minimum atomic E-state index is -2.05. The zero-order valence-electron chi connectivity index (χ0n) is 27.3. The number of piperidine rings is 1. The Morgan fingerprint density at radius 3 is 2.38 bits per heavy atom. The van der Waals surface area contributed by atoms with Crippen LogP contribution < -0.4 is 9.47 Å². The van der Waals surface area contributed by atoms with Crippen molar-refractivity contribution in [3.8, 4) is 11.5 Å². The van der Waals surface area contributed by atoms with Crippen molar-refractivity contribution >= 4 is 11.9 Å². The van der Waals surface area contributed by atoms with Crippen LogP contribution in [0.2, 0.25) is 0 Å². The minimum absolute atomic E-state index is 0.00211. The molecule has 1 aliphatic carbocycles. The number of carbonyl (C=O) groups excluding carboxylic acids is 2. The lowest BCUT2D eigenvalue weighted by atomic mass is 9.86. The summed E-state index contributed by atoms with van der Waals surface area (Å²) in [5, 5.41) is 22.4. The van der Waals surface area contributed by atoms with Gasteiger partial charge in [-0.05, 0) is 102 Å². The third-order valence-electron chi connectivity index (χ3n) is 10.5. The topological polar surface area (TPSA) is 121 Å². The van der Waals surface area contributed by atoms with Crippen molar-refractivity contribution in [2.45, 2.75) is 101 Å². The Hall–Kier alpha value is -2.86. The molecule has 2 fully saturated rings. The summed E-state index contributed by atoms with van der Waals surface area (Å²) in [6.07, 6.45) is 2.89. The average Bonchev–Trinajstić information content (AvgIpc) is 3.66. The number of benzene rings is 1. The van der Waals surface area contributed by atoms with Crippen LogP contribution in [-0.2, 0) is 25.5 Å². The first-order chi connectivity index (χ1) is 21.4. The maximum Gasteiger partial charge on any atom is 0.339 e. The molecule has 4 aliphatic heterocycles. The first kappa shape index (κ1) is 32.1. The Kier molecular flexibility index (Phi) is 8.84. The molecule has 5 aliphatic rings. The molecule has 45 heavy (non-hydrogen) atoms. The van der Waals surface area contributed by atoms with Gasteiger partial charge < -0.3 is 39.0 Å². The number of hydrogen-bond donors (Lipinski definition) is 2. The number of amides is 1. The van der Waals surface area contributed by atoms with Crippen LogP contribution in [0.1, 0.15) is 75.8 Å². The number of methoxy groups -OCH3 is 1. The predicted octanol–water partition coefficient (Wildman–Crippen LogP) is 2.57. The van der Waals surface area contributed by atoms with Crippen LogP contribution >= 0.6 is 0 Å². The normalized spacial score (nSPS) is 26.0. The van der Waals surface area contributed by atoms with Gasteiger partial charge in [-0.2, -0.15) is 0 Å². The van der Waals surface area contributed by atoms with Crippen molar-refractivity contribution in [1.82, 2.24) is 14.7 Å². The first-order valence-electron chi connectivity index (χ1n) is 16.4. The number of ether oxygens (including phenoxy) is 4. The van der Waals surface area contributed by atoms with Gasteiger partial charge in [-0.3, -0.25) is 9.69 Å². The second kappa shape index (κ2) is 12.4. The van der Waals surface area contributed by atoms with E-state index in [1.807, 2.05) is 26.2 Å². The molecule has 0 spiro atoms. The van der Waals surface area contributed by atoms with Gasteiger partial charge >= 0.3 is 5.97 Å². The number of carbonyl (C=O) groups is 2. The Bertz CT molecular complexity index is 1330. The summed E-state index contributed by atoms with van der Waals surface area (Å²) in [5.41, 5.74) is 0.245.